The van der Waals surface area contributed by atoms with Gasteiger partial charge in [0, 0.05) is 25.7 Å². The van der Waals surface area contributed by atoms with Gasteiger partial charge in [-0.3, -0.25) is 37.3 Å². The zero-order valence-electron chi connectivity index (χ0n) is 62.7. The lowest BCUT2D eigenvalue weighted by atomic mass is 10.1. The van der Waals surface area contributed by atoms with Gasteiger partial charge in [0.2, 0.25) is 0 Å². The van der Waals surface area contributed by atoms with E-state index in [1.807, 2.05) is 12.2 Å². The van der Waals surface area contributed by atoms with Crippen LogP contribution in [0.5, 0.6) is 0 Å². The van der Waals surface area contributed by atoms with Crippen molar-refractivity contribution < 1.29 is 80.2 Å². The van der Waals surface area contributed by atoms with Gasteiger partial charge in [0.1, 0.15) is 19.3 Å². The Balaban J connectivity index is 5.49. The van der Waals surface area contributed by atoms with Gasteiger partial charge in [0.05, 0.1) is 26.4 Å². The molecule has 576 valence electrons. The first-order valence-corrected chi connectivity index (χ1v) is 41.0. The van der Waals surface area contributed by atoms with Crippen LogP contribution in [0, 0.1) is 0 Å². The minimum Gasteiger partial charge on any atom is -0.462 e. The Bertz CT molecular complexity index is 2650. The van der Waals surface area contributed by atoms with Crippen LogP contribution in [0.2, 0.25) is 0 Å². The summed E-state index contributed by atoms with van der Waals surface area (Å²) in [5.41, 5.74) is 0. The van der Waals surface area contributed by atoms with E-state index < -0.39 is 97.5 Å². The third kappa shape index (κ3) is 72.5. The van der Waals surface area contributed by atoms with Gasteiger partial charge in [-0.2, -0.15) is 0 Å². The zero-order chi connectivity index (χ0) is 74.6. The Kier molecular flexibility index (Phi) is 69.3. The first-order valence-electron chi connectivity index (χ1n) is 38.0. The molecule has 0 aromatic rings. The molecule has 102 heavy (non-hydrogen) atoms. The molecule has 19 heteroatoms. The molecule has 17 nitrogen and oxygen atoms in total. The number of esters is 4. The molecule has 0 aromatic heterocycles. The van der Waals surface area contributed by atoms with Crippen LogP contribution < -0.4 is 0 Å². The molecule has 0 radical (unpaired) electrons. The van der Waals surface area contributed by atoms with Crippen molar-refractivity contribution in [3.63, 3.8) is 0 Å². The summed E-state index contributed by atoms with van der Waals surface area (Å²) >= 11 is 0. The van der Waals surface area contributed by atoms with Crippen molar-refractivity contribution in [3.05, 3.63) is 182 Å². The van der Waals surface area contributed by atoms with Crippen LogP contribution in [0.25, 0.3) is 0 Å². The van der Waals surface area contributed by atoms with Crippen LogP contribution in [-0.2, 0) is 65.4 Å². The molecule has 0 aromatic carbocycles. The summed E-state index contributed by atoms with van der Waals surface area (Å²) in [6.45, 7) is 4.23. The minimum atomic E-state index is -5.01. The first-order chi connectivity index (χ1) is 49.7. The summed E-state index contributed by atoms with van der Waals surface area (Å²) in [6.07, 6.45) is 87.5. The van der Waals surface area contributed by atoms with Crippen LogP contribution in [0.4, 0.5) is 0 Å². The van der Waals surface area contributed by atoms with E-state index in [-0.39, 0.29) is 25.7 Å². The summed E-state index contributed by atoms with van der Waals surface area (Å²) in [7, 11) is -10.0. The molecule has 0 fully saturated rings. The predicted octanol–water partition coefficient (Wildman–Crippen LogP) is 22.0. The number of unbranched alkanes of at least 4 members (excludes halogenated alkanes) is 13. The number of hydrogen-bond donors (Lipinski definition) is 3. The van der Waals surface area contributed by atoms with Crippen LogP contribution in [0.1, 0.15) is 259 Å². The summed E-state index contributed by atoms with van der Waals surface area (Å²) in [5.74, 6) is -2.35. The maximum absolute atomic E-state index is 13.1. The maximum atomic E-state index is 13.1. The highest BCUT2D eigenvalue weighted by atomic mass is 31.2. The van der Waals surface area contributed by atoms with E-state index in [1.165, 1.54) is 0 Å². The lowest BCUT2D eigenvalue weighted by Crippen LogP contribution is -2.30. The third-order valence-corrected chi connectivity index (χ3v) is 16.8. The van der Waals surface area contributed by atoms with Gasteiger partial charge >= 0.3 is 39.5 Å². The second-order valence-electron chi connectivity index (χ2n) is 24.4. The topological polar surface area (TPSA) is 237 Å². The number of rotatable bonds is 69. The molecule has 5 unspecified atom stereocenters. The van der Waals surface area contributed by atoms with Crippen LogP contribution in [0.3, 0.4) is 0 Å². The van der Waals surface area contributed by atoms with E-state index in [0.717, 1.165) is 173 Å². The Morgan fingerprint density at radius 1 is 0.275 bits per heavy atom. The van der Waals surface area contributed by atoms with Crippen molar-refractivity contribution in [3.8, 4) is 0 Å². The van der Waals surface area contributed by atoms with Crippen molar-refractivity contribution in [2.45, 2.75) is 277 Å². The number of allylic oxidation sites excluding steroid dienone is 30. The Labute approximate surface area is 615 Å². The Hall–Kier alpha value is -5.84. The summed E-state index contributed by atoms with van der Waals surface area (Å²) in [4.78, 5) is 72.9. The van der Waals surface area contributed by atoms with Gasteiger partial charge in [0.15, 0.2) is 12.2 Å². The lowest BCUT2D eigenvalue weighted by molar-refractivity contribution is -0.161. The largest absolute Gasteiger partial charge is 0.472 e. The number of hydrogen-bond acceptors (Lipinski definition) is 15. The molecule has 0 saturated carbocycles. The van der Waals surface area contributed by atoms with Crippen molar-refractivity contribution in [1.82, 2.24) is 0 Å². The Morgan fingerprint density at radius 3 is 0.794 bits per heavy atom. The molecule has 0 bridgehead atoms. The molecular weight excluding hydrogens is 1330 g/mol. The van der Waals surface area contributed by atoms with Crippen molar-refractivity contribution in [2.24, 2.45) is 0 Å². The molecule has 0 aliphatic rings. The molecule has 0 amide bonds. The fraction of sp³-hybridized carbons (Fsp3) is 0.590. The van der Waals surface area contributed by atoms with Crippen molar-refractivity contribution >= 4 is 39.5 Å². The number of carbonyl (C=O) groups excluding carboxylic acids is 4. The van der Waals surface area contributed by atoms with E-state index in [4.69, 9.17) is 37.0 Å². The number of aliphatic hydroxyl groups is 1. The number of phosphoric ester groups is 2. The zero-order valence-corrected chi connectivity index (χ0v) is 64.5. The van der Waals surface area contributed by atoms with Gasteiger partial charge in [-0.05, 0) is 167 Å². The molecular formula is C83H132O17P2. The molecule has 0 heterocycles. The number of carbonyl (C=O) groups is 4. The van der Waals surface area contributed by atoms with Crippen molar-refractivity contribution in [1.29, 1.82) is 0 Å². The highest BCUT2D eigenvalue weighted by Crippen LogP contribution is 2.45. The average Bonchev–Trinajstić information content (AvgIpc) is 0.923. The monoisotopic (exact) mass is 1460 g/mol. The smallest absolute Gasteiger partial charge is 0.462 e. The number of aliphatic hydroxyl groups excluding tert-OH is 1. The fourth-order valence-electron chi connectivity index (χ4n) is 9.21. The number of ether oxygens (including phenoxy) is 4. The molecule has 0 saturated heterocycles. The van der Waals surface area contributed by atoms with Gasteiger partial charge in [-0.1, -0.05) is 249 Å². The summed E-state index contributed by atoms with van der Waals surface area (Å²) in [5, 5.41) is 10.6. The highest BCUT2D eigenvalue weighted by molar-refractivity contribution is 7.47. The van der Waals surface area contributed by atoms with Gasteiger partial charge in [0.25, 0.3) is 0 Å². The van der Waals surface area contributed by atoms with Gasteiger partial charge < -0.3 is 33.8 Å². The standard InChI is InChI=1S/C83H132O17P2/c1-5-9-13-17-21-25-29-33-37-38-42-44-48-52-56-60-64-68-81(86)94-74-79(100-83(88)70-66-62-58-54-50-46-41-36-32-28-24-20-16-12-8-4)76-98-102(91,92)96-72-77(84)71-95-101(89,90)97-75-78(99-82(87)69-65-61-57-53-49-45-40-35-31-27-23-19-15-11-7-3)73-93-80(85)67-63-59-55-51-47-43-39-34-30-26-22-18-14-10-6-2/h9-16,21-28,33-37,39-42,44,47,51-52,56,77-79,84H,5-8,17-20,29-32,38,43,45-46,48-50,53-55,57-76H2,1-4H3,(H,89,90)(H,91,92)/b13-9-,14-10-,15-11-,16-12-,25-21-,26-22-,27-23-,28-24-,37-33-,39-34-,40-35-,41-36-,44-42-,51-47-,56-52-. The van der Waals surface area contributed by atoms with Crippen LogP contribution in [0.15, 0.2) is 182 Å². The summed E-state index contributed by atoms with van der Waals surface area (Å²) < 4.78 is 68.4. The van der Waals surface area contributed by atoms with E-state index in [0.29, 0.717) is 32.1 Å². The highest BCUT2D eigenvalue weighted by Gasteiger charge is 2.30. The SMILES string of the molecule is CC/C=C\C/C=C\C/C=C\C/C=C\C/C=C\CCCC(=O)OCC(COP(=O)(O)OCC(O)COP(=O)(O)OCC(COC(=O)CCCC/C=C\C/C=C\C/C=C\C/C=C\CC)OC(=O)CCCCCCC/C=C\C/C=C\C/C=C\CC)OC(=O)CCCCCCC/C=C\C/C=C\C/C=C\CC. The molecule has 0 aliphatic heterocycles. The summed E-state index contributed by atoms with van der Waals surface area (Å²) in [6, 6.07) is 0. The Morgan fingerprint density at radius 2 is 0.490 bits per heavy atom. The molecule has 5 atom stereocenters. The van der Waals surface area contributed by atoms with Crippen LogP contribution in [-0.4, -0.2) is 96.7 Å². The normalized spacial score (nSPS) is 14.9. The third-order valence-electron chi connectivity index (χ3n) is 14.9. The molecule has 3 N–H and O–H groups in total. The molecule has 0 aliphatic carbocycles. The van der Waals surface area contributed by atoms with E-state index in [9.17, 15) is 43.2 Å². The second kappa shape index (κ2) is 73.5. The average molecular weight is 1460 g/mol. The van der Waals surface area contributed by atoms with Crippen molar-refractivity contribution in [2.75, 3.05) is 39.6 Å². The van der Waals surface area contributed by atoms with E-state index in [1.54, 1.807) is 0 Å². The predicted molar refractivity (Wildman–Crippen MR) is 417 cm³/mol. The second-order valence-corrected chi connectivity index (χ2v) is 27.3. The van der Waals surface area contributed by atoms with E-state index in [2.05, 4.69) is 198 Å². The first kappa shape index (κ1) is 96.2. The van der Waals surface area contributed by atoms with Gasteiger partial charge in [-0.15, -0.1) is 0 Å². The quantitative estimate of drug-likeness (QED) is 0.0169. The van der Waals surface area contributed by atoms with Gasteiger partial charge in [-0.25, -0.2) is 9.13 Å². The van der Waals surface area contributed by atoms with Crippen LogP contribution >= 0.6 is 15.6 Å². The molecule has 0 spiro atoms. The minimum absolute atomic E-state index is 0.0548. The maximum Gasteiger partial charge on any atom is 0.472 e. The van der Waals surface area contributed by atoms with E-state index >= 15 is 0 Å². The molecule has 0 rings (SSSR count). The lowest BCUT2D eigenvalue weighted by Gasteiger charge is -2.21. The fourth-order valence-corrected chi connectivity index (χ4v) is 10.8. The number of phosphoric acid groups is 2.